The number of hydrogen-bond acceptors (Lipinski definition) is 6. The maximum absolute atomic E-state index is 13.9. The number of aliphatic hydroxyl groups is 2. The molecule has 2 aromatic rings. The van der Waals surface area contributed by atoms with Crippen molar-refractivity contribution in [3.8, 4) is 0 Å². The van der Waals surface area contributed by atoms with Crippen LogP contribution in [-0.2, 0) is 14.3 Å². The normalized spacial score (nSPS) is 12.9. The Morgan fingerprint density at radius 1 is 0.919 bits per heavy atom. The Labute approximate surface area is 218 Å². The summed E-state index contributed by atoms with van der Waals surface area (Å²) in [4.78, 5) is 41.2. The number of aliphatic hydroxyl groups excluding tert-OH is 2. The third-order valence-corrected chi connectivity index (χ3v) is 5.90. The highest BCUT2D eigenvalue weighted by Crippen LogP contribution is 2.30. The summed E-state index contributed by atoms with van der Waals surface area (Å²) in [5, 5.41) is 25.2. The van der Waals surface area contributed by atoms with E-state index in [1.807, 2.05) is 64.1 Å². The first-order valence-electron chi connectivity index (χ1n) is 12.3. The lowest BCUT2D eigenvalue weighted by Gasteiger charge is -2.35. The maximum atomic E-state index is 13.9. The fourth-order valence-electron chi connectivity index (χ4n) is 4.20. The van der Waals surface area contributed by atoms with Gasteiger partial charge in [-0.1, -0.05) is 36.4 Å². The summed E-state index contributed by atoms with van der Waals surface area (Å²) in [7, 11) is 0. The van der Waals surface area contributed by atoms with E-state index in [0.717, 1.165) is 22.3 Å². The van der Waals surface area contributed by atoms with Crippen molar-refractivity contribution < 1.29 is 29.3 Å². The van der Waals surface area contributed by atoms with Crippen LogP contribution in [0.3, 0.4) is 0 Å². The summed E-state index contributed by atoms with van der Waals surface area (Å²) in [5.41, 5.74) is 3.68. The van der Waals surface area contributed by atoms with Gasteiger partial charge in [0.05, 0.1) is 13.2 Å². The van der Waals surface area contributed by atoms with Crippen molar-refractivity contribution >= 4 is 23.6 Å². The molecule has 9 heteroatoms. The van der Waals surface area contributed by atoms with Crippen molar-refractivity contribution in [1.82, 2.24) is 10.2 Å². The summed E-state index contributed by atoms with van der Waals surface area (Å²) in [5.74, 6) is -1.21. The zero-order chi connectivity index (χ0) is 27.9. The molecule has 0 spiro atoms. The number of carbonyl (C=O) groups excluding carboxylic acids is 3. The lowest BCUT2D eigenvalue weighted by molar-refractivity contribution is -0.142. The largest absolute Gasteiger partial charge is 0.444 e. The summed E-state index contributed by atoms with van der Waals surface area (Å²) >= 11 is 0. The van der Waals surface area contributed by atoms with Crippen LogP contribution in [0.4, 0.5) is 10.5 Å². The minimum Gasteiger partial charge on any atom is -0.444 e. The predicted octanol–water partition coefficient (Wildman–Crippen LogP) is 3.31. The fourth-order valence-corrected chi connectivity index (χ4v) is 4.20. The van der Waals surface area contributed by atoms with Gasteiger partial charge in [-0.15, -0.1) is 0 Å². The van der Waals surface area contributed by atoms with Crippen LogP contribution in [0.2, 0.25) is 0 Å². The van der Waals surface area contributed by atoms with Gasteiger partial charge in [0.1, 0.15) is 17.7 Å². The van der Waals surface area contributed by atoms with Gasteiger partial charge in [0, 0.05) is 12.2 Å². The van der Waals surface area contributed by atoms with Gasteiger partial charge >= 0.3 is 6.09 Å². The van der Waals surface area contributed by atoms with Crippen LogP contribution in [-0.4, -0.2) is 64.4 Å². The van der Waals surface area contributed by atoms with Gasteiger partial charge in [0.15, 0.2) is 0 Å². The lowest BCUT2D eigenvalue weighted by Crippen LogP contribution is -2.54. The topological polar surface area (TPSA) is 128 Å². The quantitative estimate of drug-likeness (QED) is 0.407. The average Bonchev–Trinajstić information content (AvgIpc) is 2.79. The van der Waals surface area contributed by atoms with Gasteiger partial charge in [-0.2, -0.15) is 0 Å². The maximum Gasteiger partial charge on any atom is 0.408 e. The van der Waals surface area contributed by atoms with Gasteiger partial charge in [-0.25, -0.2) is 4.79 Å². The van der Waals surface area contributed by atoms with E-state index >= 15 is 0 Å². The molecule has 0 aliphatic carbocycles. The third-order valence-electron chi connectivity index (χ3n) is 5.90. The number of benzene rings is 2. The van der Waals surface area contributed by atoms with Crippen LogP contribution >= 0.6 is 0 Å². The highest BCUT2D eigenvalue weighted by atomic mass is 16.6. The molecule has 0 saturated carbocycles. The first-order valence-corrected chi connectivity index (χ1v) is 12.3. The Hall–Kier alpha value is -3.43. The monoisotopic (exact) mass is 513 g/mol. The Kier molecular flexibility index (Phi) is 10.2. The van der Waals surface area contributed by atoms with Crippen molar-refractivity contribution in [2.75, 3.05) is 25.1 Å². The molecule has 0 radical (unpaired) electrons. The minimum absolute atomic E-state index is 0.204. The number of hydrogen-bond donors (Lipinski definition) is 4. The second-order valence-electron chi connectivity index (χ2n) is 10.1. The Morgan fingerprint density at radius 3 is 1.89 bits per heavy atom. The third kappa shape index (κ3) is 7.77. The molecule has 9 nitrogen and oxygen atoms in total. The van der Waals surface area contributed by atoms with Crippen LogP contribution in [0.15, 0.2) is 36.4 Å². The molecule has 0 aliphatic heterocycles. The Morgan fingerprint density at radius 2 is 1.43 bits per heavy atom. The predicted molar refractivity (Wildman–Crippen MR) is 142 cm³/mol. The van der Waals surface area contributed by atoms with Crippen molar-refractivity contribution in [2.45, 2.75) is 66.2 Å². The number of para-hydroxylation sites is 1. The minimum atomic E-state index is -1.39. The molecule has 2 rings (SSSR count). The first-order chi connectivity index (χ1) is 17.3. The van der Waals surface area contributed by atoms with Crippen molar-refractivity contribution in [3.63, 3.8) is 0 Å². The second-order valence-corrected chi connectivity index (χ2v) is 10.1. The molecule has 2 atom stereocenters. The molecule has 0 bridgehead atoms. The SMILES string of the molecule is Cc1cccc(C)c1NC(=O)C(c1c(C)cccc1C)N(CCO)C(=O)C(CO)NC(=O)OC(C)(C)C. The molecule has 37 heavy (non-hydrogen) atoms. The molecule has 0 saturated heterocycles. The van der Waals surface area contributed by atoms with Crippen LogP contribution in [0, 0.1) is 27.7 Å². The van der Waals surface area contributed by atoms with Gasteiger partial charge in [0.25, 0.3) is 5.91 Å². The second kappa shape index (κ2) is 12.7. The van der Waals surface area contributed by atoms with E-state index in [0.29, 0.717) is 11.3 Å². The standard InChI is InChI=1S/C28H39N3O6/c1-17-10-8-11-18(2)22(17)24(25(34)30-23-19(3)12-9-13-20(23)4)31(14-15-32)26(35)21(16-33)29-27(36)37-28(5,6)7/h8-13,21,24,32-33H,14-16H2,1-7H3,(H,29,36)(H,30,34). The summed E-state index contributed by atoms with van der Waals surface area (Å²) < 4.78 is 5.24. The van der Waals surface area contributed by atoms with Gasteiger partial charge in [-0.3, -0.25) is 9.59 Å². The number of carbonyl (C=O) groups is 3. The van der Waals surface area contributed by atoms with E-state index in [9.17, 15) is 24.6 Å². The molecule has 2 aromatic carbocycles. The molecule has 0 aromatic heterocycles. The summed E-state index contributed by atoms with van der Waals surface area (Å²) in [6.45, 7) is 11.1. The number of anilines is 1. The number of nitrogens with zero attached hydrogens (tertiary/aromatic N) is 1. The number of amides is 3. The molecule has 0 fully saturated rings. The smallest absolute Gasteiger partial charge is 0.408 e. The number of nitrogens with one attached hydrogen (secondary N) is 2. The van der Waals surface area contributed by atoms with E-state index in [1.54, 1.807) is 20.8 Å². The zero-order valence-electron chi connectivity index (χ0n) is 22.7. The fraction of sp³-hybridized carbons (Fsp3) is 0.464. The average molecular weight is 514 g/mol. The highest BCUT2D eigenvalue weighted by molar-refractivity contribution is 6.00. The molecule has 2 unspecified atom stereocenters. The van der Waals surface area contributed by atoms with Crippen LogP contribution in [0.25, 0.3) is 0 Å². The molecular weight excluding hydrogens is 474 g/mol. The van der Waals surface area contributed by atoms with E-state index in [4.69, 9.17) is 4.74 Å². The van der Waals surface area contributed by atoms with Crippen LogP contribution in [0.5, 0.6) is 0 Å². The van der Waals surface area contributed by atoms with E-state index in [2.05, 4.69) is 10.6 Å². The van der Waals surface area contributed by atoms with Crippen LogP contribution < -0.4 is 10.6 Å². The first kappa shape index (κ1) is 29.8. The molecule has 3 amide bonds. The van der Waals surface area contributed by atoms with Crippen molar-refractivity contribution in [1.29, 1.82) is 0 Å². The lowest BCUT2D eigenvalue weighted by atomic mass is 9.93. The molecule has 202 valence electrons. The van der Waals surface area contributed by atoms with Crippen molar-refractivity contribution in [3.05, 3.63) is 64.2 Å². The van der Waals surface area contributed by atoms with Crippen molar-refractivity contribution in [2.24, 2.45) is 0 Å². The molecular formula is C28H39N3O6. The van der Waals surface area contributed by atoms with E-state index < -0.39 is 48.8 Å². The Balaban J connectivity index is 2.56. The molecule has 4 N–H and O–H groups in total. The number of alkyl carbamates (subject to hydrolysis) is 1. The van der Waals surface area contributed by atoms with E-state index in [-0.39, 0.29) is 6.54 Å². The summed E-state index contributed by atoms with van der Waals surface area (Å²) in [6, 6.07) is 8.64. The zero-order valence-corrected chi connectivity index (χ0v) is 22.7. The summed E-state index contributed by atoms with van der Waals surface area (Å²) in [6.07, 6.45) is -0.882. The van der Waals surface area contributed by atoms with Crippen LogP contribution in [0.1, 0.15) is 54.6 Å². The number of ether oxygens (including phenoxy) is 1. The number of aryl methyl sites for hydroxylation is 4. The van der Waals surface area contributed by atoms with E-state index in [1.165, 1.54) is 4.90 Å². The van der Waals surface area contributed by atoms with Gasteiger partial charge < -0.3 is 30.5 Å². The number of rotatable bonds is 9. The molecule has 0 aliphatic rings. The Bertz CT molecular complexity index is 1080. The van der Waals surface area contributed by atoms with Gasteiger partial charge in [0.2, 0.25) is 5.91 Å². The van der Waals surface area contributed by atoms with Gasteiger partial charge in [-0.05, 0) is 76.3 Å². The highest BCUT2D eigenvalue weighted by Gasteiger charge is 2.37. The molecule has 0 heterocycles.